The van der Waals surface area contributed by atoms with E-state index in [9.17, 15) is 9.18 Å². The lowest BCUT2D eigenvalue weighted by molar-refractivity contribution is 0.0933. The number of aromatic nitrogens is 3. The van der Waals surface area contributed by atoms with Gasteiger partial charge >= 0.3 is 0 Å². The van der Waals surface area contributed by atoms with Crippen LogP contribution < -0.4 is 5.32 Å². The molecule has 0 unspecified atom stereocenters. The van der Waals surface area contributed by atoms with Crippen LogP contribution in [0.5, 0.6) is 0 Å². The Labute approximate surface area is 145 Å². The fourth-order valence-electron chi connectivity index (χ4n) is 2.51. The number of carbonyl (C=O) groups excluding carboxylic acids is 1. The first-order chi connectivity index (χ1) is 12.1. The average Bonchev–Trinajstić information content (AvgIpc) is 3.11. The SMILES string of the molecule is C[C@@H](CCc1ccccc1)NC(=O)c1cn(-c2cccc(F)c2)nn1. The minimum absolute atomic E-state index is 0.00651. The fourth-order valence-corrected chi connectivity index (χ4v) is 2.51. The minimum Gasteiger partial charge on any atom is -0.348 e. The Morgan fingerprint density at radius 1 is 1.20 bits per heavy atom. The van der Waals surface area contributed by atoms with E-state index in [-0.39, 0.29) is 23.5 Å². The zero-order valence-corrected chi connectivity index (χ0v) is 13.9. The van der Waals surface area contributed by atoms with Crippen molar-refractivity contribution in [3.05, 3.63) is 77.9 Å². The van der Waals surface area contributed by atoms with Gasteiger partial charge in [0.1, 0.15) is 5.82 Å². The molecule has 0 spiro atoms. The third kappa shape index (κ3) is 4.50. The van der Waals surface area contributed by atoms with Crippen molar-refractivity contribution in [1.29, 1.82) is 0 Å². The van der Waals surface area contributed by atoms with Crippen LogP contribution in [0.3, 0.4) is 0 Å². The Morgan fingerprint density at radius 2 is 2.00 bits per heavy atom. The molecule has 5 nitrogen and oxygen atoms in total. The van der Waals surface area contributed by atoms with Crippen molar-refractivity contribution in [2.45, 2.75) is 25.8 Å². The Balaban J connectivity index is 1.58. The predicted octanol–water partition coefficient (Wildman–Crippen LogP) is 3.16. The van der Waals surface area contributed by atoms with Crippen molar-refractivity contribution in [3.63, 3.8) is 0 Å². The van der Waals surface area contributed by atoms with Crippen LogP contribution in [0.4, 0.5) is 4.39 Å². The maximum atomic E-state index is 13.3. The van der Waals surface area contributed by atoms with Crippen LogP contribution in [0.25, 0.3) is 5.69 Å². The maximum absolute atomic E-state index is 13.3. The molecule has 0 saturated heterocycles. The maximum Gasteiger partial charge on any atom is 0.273 e. The number of nitrogens with zero attached hydrogens (tertiary/aromatic N) is 3. The zero-order valence-electron chi connectivity index (χ0n) is 13.9. The summed E-state index contributed by atoms with van der Waals surface area (Å²) in [5, 5.41) is 10.7. The first kappa shape index (κ1) is 16.8. The number of benzene rings is 2. The van der Waals surface area contributed by atoms with Crippen molar-refractivity contribution in [2.24, 2.45) is 0 Å². The number of nitrogens with one attached hydrogen (secondary N) is 1. The van der Waals surface area contributed by atoms with E-state index in [2.05, 4.69) is 27.8 Å². The van der Waals surface area contributed by atoms with E-state index in [1.807, 2.05) is 25.1 Å². The first-order valence-corrected chi connectivity index (χ1v) is 8.15. The largest absolute Gasteiger partial charge is 0.348 e. The van der Waals surface area contributed by atoms with Gasteiger partial charge in [-0.2, -0.15) is 0 Å². The molecule has 1 heterocycles. The molecule has 1 N–H and O–H groups in total. The topological polar surface area (TPSA) is 59.8 Å². The van der Waals surface area contributed by atoms with Crippen molar-refractivity contribution < 1.29 is 9.18 Å². The number of hydrogen-bond donors (Lipinski definition) is 1. The highest BCUT2D eigenvalue weighted by atomic mass is 19.1. The number of amides is 1. The van der Waals surface area contributed by atoms with Gasteiger partial charge in [-0.25, -0.2) is 9.07 Å². The normalized spacial score (nSPS) is 11.9. The molecule has 0 aliphatic heterocycles. The van der Waals surface area contributed by atoms with Crippen LogP contribution in [-0.2, 0) is 6.42 Å². The second-order valence-electron chi connectivity index (χ2n) is 5.93. The molecule has 0 aliphatic rings. The molecular formula is C19H19FN4O. The molecule has 1 aromatic heterocycles. The van der Waals surface area contributed by atoms with Gasteiger partial charge in [-0.3, -0.25) is 4.79 Å². The van der Waals surface area contributed by atoms with E-state index in [1.54, 1.807) is 12.1 Å². The summed E-state index contributed by atoms with van der Waals surface area (Å²) in [6.45, 7) is 1.96. The summed E-state index contributed by atoms with van der Waals surface area (Å²) in [5.41, 5.74) is 1.96. The highest BCUT2D eigenvalue weighted by molar-refractivity contribution is 5.92. The second kappa shape index (κ2) is 7.70. The van der Waals surface area contributed by atoms with Crippen molar-refractivity contribution in [1.82, 2.24) is 20.3 Å². The number of rotatable bonds is 6. The van der Waals surface area contributed by atoms with Gasteiger partial charge in [-0.1, -0.05) is 41.6 Å². The lowest BCUT2D eigenvalue weighted by Gasteiger charge is -2.12. The van der Waals surface area contributed by atoms with E-state index < -0.39 is 0 Å². The summed E-state index contributed by atoms with van der Waals surface area (Å²) in [7, 11) is 0. The third-order valence-electron chi connectivity index (χ3n) is 3.89. The van der Waals surface area contributed by atoms with Crippen LogP contribution in [0.15, 0.2) is 60.8 Å². The van der Waals surface area contributed by atoms with E-state index in [0.717, 1.165) is 12.8 Å². The zero-order chi connectivity index (χ0) is 17.6. The van der Waals surface area contributed by atoms with Gasteiger partial charge in [0.2, 0.25) is 0 Å². The minimum atomic E-state index is -0.367. The quantitative estimate of drug-likeness (QED) is 0.751. The molecule has 0 aliphatic carbocycles. The summed E-state index contributed by atoms with van der Waals surface area (Å²) in [5.74, 6) is -0.656. The smallest absolute Gasteiger partial charge is 0.273 e. The molecular weight excluding hydrogens is 319 g/mol. The lowest BCUT2D eigenvalue weighted by atomic mass is 10.1. The van der Waals surface area contributed by atoms with E-state index in [0.29, 0.717) is 5.69 Å². The monoisotopic (exact) mass is 338 g/mol. The Kier molecular flexibility index (Phi) is 5.18. The van der Waals surface area contributed by atoms with Gasteiger partial charge in [0.25, 0.3) is 5.91 Å². The van der Waals surface area contributed by atoms with Gasteiger partial charge in [-0.05, 0) is 43.5 Å². The summed E-state index contributed by atoms with van der Waals surface area (Å²) in [6, 6.07) is 16.1. The molecule has 3 aromatic rings. The number of hydrogen-bond acceptors (Lipinski definition) is 3. The molecule has 0 fully saturated rings. The number of carbonyl (C=O) groups is 1. The molecule has 2 aromatic carbocycles. The molecule has 1 atom stereocenters. The van der Waals surface area contributed by atoms with Crippen molar-refractivity contribution in [3.8, 4) is 5.69 Å². The van der Waals surface area contributed by atoms with Crippen LogP contribution in [0.2, 0.25) is 0 Å². The van der Waals surface area contributed by atoms with Gasteiger partial charge in [0, 0.05) is 6.04 Å². The predicted molar refractivity (Wildman–Crippen MR) is 93.0 cm³/mol. The number of aryl methyl sites for hydroxylation is 1. The molecule has 0 radical (unpaired) electrons. The molecule has 0 saturated carbocycles. The van der Waals surface area contributed by atoms with Crippen LogP contribution >= 0.6 is 0 Å². The summed E-state index contributed by atoms with van der Waals surface area (Å²) in [4.78, 5) is 12.3. The van der Waals surface area contributed by atoms with Gasteiger partial charge in [0.15, 0.2) is 5.69 Å². The summed E-state index contributed by atoms with van der Waals surface area (Å²) >= 11 is 0. The van der Waals surface area contributed by atoms with E-state index >= 15 is 0 Å². The summed E-state index contributed by atoms with van der Waals surface area (Å²) in [6.07, 6.45) is 3.21. The molecule has 6 heteroatoms. The highest BCUT2D eigenvalue weighted by Crippen LogP contribution is 2.09. The molecule has 25 heavy (non-hydrogen) atoms. The standard InChI is InChI=1S/C19H19FN4O/c1-14(10-11-15-6-3-2-4-7-15)21-19(25)18-13-24(23-22-18)17-9-5-8-16(20)12-17/h2-9,12-14H,10-11H2,1H3,(H,21,25)/t14-/m0/s1. The Morgan fingerprint density at radius 3 is 2.76 bits per heavy atom. The van der Waals surface area contributed by atoms with Gasteiger partial charge in [-0.15, -0.1) is 5.10 Å². The Hall–Kier alpha value is -3.02. The molecule has 3 rings (SSSR count). The Bertz CT molecular complexity index is 847. The molecule has 1 amide bonds. The highest BCUT2D eigenvalue weighted by Gasteiger charge is 2.14. The van der Waals surface area contributed by atoms with E-state index in [1.165, 1.54) is 28.6 Å². The van der Waals surface area contributed by atoms with Crippen molar-refractivity contribution >= 4 is 5.91 Å². The fraction of sp³-hybridized carbons (Fsp3) is 0.211. The first-order valence-electron chi connectivity index (χ1n) is 8.15. The van der Waals surface area contributed by atoms with Gasteiger partial charge < -0.3 is 5.32 Å². The molecule has 128 valence electrons. The van der Waals surface area contributed by atoms with Crippen LogP contribution in [0.1, 0.15) is 29.4 Å². The van der Waals surface area contributed by atoms with Crippen LogP contribution in [0, 0.1) is 5.82 Å². The summed E-state index contributed by atoms with van der Waals surface area (Å²) < 4.78 is 14.7. The average molecular weight is 338 g/mol. The van der Waals surface area contributed by atoms with Crippen molar-refractivity contribution in [2.75, 3.05) is 0 Å². The third-order valence-corrected chi connectivity index (χ3v) is 3.89. The van der Waals surface area contributed by atoms with Crippen LogP contribution in [-0.4, -0.2) is 26.9 Å². The van der Waals surface area contributed by atoms with E-state index in [4.69, 9.17) is 0 Å². The number of halogens is 1. The van der Waals surface area contributed by atoms with Gasteiger partial charge in [0.05, 0.1) is 11.9 Å². The molecule has 0 bridgehead atoms. The lowest BCUT2D eigenvalue weighted by Crippen LogP contribution is -2.33. The second-order valence-corrected chi connectivity index (χ2v) is 5.93.